The van der Waals surface area contributed by atoms with Gasteiger partial charge in [-0.3, -0.25) is 0 Å². The fourth-order valence-electron chi connectivity index (χ4n) is 1.45. The zero-order valence-electron chi connectivity index (χ0n) is 9.53. The van der Waals surface area contributed by atoms with Crippen molar-refractivity contribution in [1.29, 1.82) is 0 Å². The topological polar surface area (TPSA) is 44.5 Å². The van der Waals surface area contributed by atoms with E-state index in [-0.39, 0.29) is 18.3 Å². The van der Waals surface area contributed by atoms with Crippen LogP contribution < -0.4 is 10.5 Å². The minimum atomic E-state index is -0.281. The predicted molar refractivity (Wildman–Crippen MR) is 64.4 cm³/mol. The molecule has 1 saturated heterocycles. The Labute approximate surface area is 94.7 Å². The molecule has 0 aliphatic carbocycles. The Morgan fingerprint density at radius 3 is 2.07 bits per heavy atom. The number of anilines is 1. The summed E-state index contributed by atoms with van der Waals surface area (Å²) in [5.74, 6) is 0. The highest BCUT2D eigenvalue weighted by atomic mass is 32.1. The maximum Gasteiger partial charge on any atom is 0.505 e. The average molecular weight is 225 g/mol. The molecule has 2 heterocycles. The Balaban J connectivity index is 2.23. The molecule has 0 unspecified atom stereocenters. The second kappa shape index (κ2) is 3.24. The van der Waals surface area contributed by atoms with Gasteiger partial charge >= 0.3 is 7.12 Å². The van der Waals surface area contributed by atoms with Gasteiger partial charge in [0, 0.05) is 4.78 Å². The van der Waals surface area contributed by atoms with Crippen LogP contribution in [0.1, 0.15) is 27.7 Å². The van der Waals surface area contributed by atoms with Gasteiger partial charge in [-0.2, -0.15) is 0 Å². The van der Waals surface area contributed by atoms with Crippen LogP contribution in [0.15, 0.2) is 12.1 Å². The first-order valence-electron chi connectivity index (χ1n) is 5.03. The summed E-state index contributed by atoms with van der Waals surface area (Å²) in [6.45, 7) is 8.18. The van der Waals surface area contributed by atoms with Crippen molar-refractivity contribution in [3.05, 3.63) is 12.1 Å². The predicted octanol–water partition coefficient (Wildman–Crippen LogP) is 1.63. The first-order chi connectivity index (χ1) is 6.82. The lowest BCUT2D eigenvalue weighted by atomic mass is 9.88. The molecule has 0 amide bonds. The summed E-state index contributed by atoms with van der Waals surface area (Å²) >= 11 is 1.51. The molecule has 5 heteroatoms. The van der Waals surface area contributed by atoms with Crippen LogP contribution in [0.25, 0.3) is 0 Å². The van der Waals surface area contributed by atoms with Crippen molar-refractivity contribution < 1.29 is 9.31 Å². The van der Waals surface area contributed by atoms with Crippen LogP contribution in [0.4, 0.5) is 5.00 Å². The highest BCUT2D eigenvalue weighted by Gasteiger charge is 2.52. The third kappa shape index (κ3) is 1.79. The minimum absolute atomic E-state index is 0.280. The third-order valence-corrected chi connectivity index (χ3v) is 4.07. The Kier molecular flexibility index (Phi) is 2.37. The Morgan fingerprint density at radius 1 is 1.13 bits per heavy atom. The van der Waals surface area contributed by atoms with E-state index in [9.17, 15) is 0 Å². The van der Waals surface area contributed by atoms with E-state index in [1.54, 1.807) is 0 Å². The summed E-state index contributed by atoms with van der Waals surface area (Å²) in [6.07, 6.45) is 0. The molecule has 1 fully saturated rings. The number of hydrogen-bond acceptors (Lipinski definition) is 4. The molecule has 15 heavy (non-hydrogen) atoms. The molecule has 0 atom stereocenters. The molecule has 1 aliphatic heterocycles. The van der Waals surface area contributed by atoms with Crippen molar-refractivity contribution in [2.45, 2.75) is 38.9 Å². The number of nitrogen functional groups attached to an aromatic ring is 1. The first kappa shape index (κ1) is 11.0. The van der Waals surface area contributed by atoms with E-state index in [1.165, 1.54) is 11.3 Å². The molecule has 0 aromatic carbocycles. The van der Waals surface area contributed by atoms with Crippen molar-refractivity contribution in [3.63, 3.8) is 0 Å². The number of rotatable bonds is 1. The van der Waals surface area contributed by atoms with Gasteiger partial charge in [-0.05, 0) is 39.8 Å². The van der Waals surface area contributed by atoms with Gasteiger partial charge in [-0.1, -0.05) is 0 Å². The van der Waals surface area contributed by atoms with Gasteiger partial charge in [0.1, 0.15) is 0 Å². The van der Waals surface area contributed by atoms with Crippen molar-refractivity contribution >= 4 is 28.2 Å². The van der Waals surface area contributed by atoms with Crippen molar-refractivity contribution in [2.24, 2.45) is 0 Å². The quantitative estimate of drug-likeness (QED) is 0.739. The van der Waals surface area contributed by atoms with E-state index >= 15 is 0 Å². The summed E-state index contributed by atoms with van der Waals surface area (Å²) in [6, 6.07) is 3.84. The van der Waals surface area contributed by atoms with Gasteiger partial charge in [0.2, 0.25) is 0 Å². The molecule has 0 saturated carbocycles. The van der Waals surface area contributed by atoms with Crippen molar-refractivity contribution in [2.75, 3.05) is 5.73 Å². The van der Waals surface area contributed by atoms with E-state index in [4.69, 9.17) is 15.0 Å². The number of nitrogens with two attached hydrogens (primary N) is 1. The maximum atomic E-state index is 5.90. The SMILES string of the molecule is CC1(C)OB(c2ccc(N)s2)OC1(C)C. The second-order valence-electron chi connectivity index (χ2n) is 4.83. The molecule has 82 valence electrons. The second-order valence-corrected chi connectivity index (χ2v) is 5.98. The van der Waals surface area contributed by atoms with Crippen LogP contribution in [0.2, 0.25) is 0 Å². The highest BCUT2D eigenvalue weighted by molar-refractivity contribution is 7.25. The largest absolute Gasteiger partial charge is 0.505 e. The van der Waals surface area contributed by atoms with Crippen molar-refractivity contribution in [1.82, 2.24) is 0 Å². The highest BCUT2D eigenvalue weighted by Crippen LogP contribution is 2.37. The fraction of sp³-hybridized carbons (Fsp3) is 0.600. The lowest BCUT2D eigenvalue weighted by Crippen LogP contribution is -2.41. The molecule has 1 aromatic rings. The van der Waals surface area contributed by atoms with Gasteiger partial charge in [0.25, 0.3) is 0 Å². The molecule has 2 N–H and O–H groups in total. The van der Waals surface area contributed by atoms with Gasteiger partial charge in [-0.25, -0.2) is 0 Å². The molecule has 0 radical (unpaired) electrons. The van der Waals surface area contributed by atoms with Crippen molar-refractivity contribution in [3.8, 4) is 0 Å². The number of hydrogen-bond donors (Lipinski definition) is 1. The molecule has 1 aromatic heterocycles. The monoisotopic (exact) mass is 225 g/mol. The molecular weight excluding hydrogens is 209 g/mol. The normalized spacial score (nSPS) is 23.3. The van der Waals surface area contributed by atoms with Crippen LogP contribution in [0.3, 0.4) is 0 Å². The molecule has 3 nitrogen and oxygen atoms in total. The number of thiophene rings is 1. The zero-order chi connectivity index (χ0) is 11.3. The van der Waals surface area contributed by atoms with Crippen LogP contribution in [0.5, 0.6) is 0 Å². The van der Waals surface area contributed by atoms with Gasteiger partial charge in [-0.15, -0.1) is 11.3 Å². The van der Waals surface area contributed by atoms with Crippen LogP contribution in [-0.2, 0) is 9.31 Å². The minimum Gasteiger partial charge on any atom is -0.399 e. The molecule has 1 aliphatic rings. The van der Waals surface area contributed by atoms with E-state index in [0.29, 0.717) is 0 Å². The van der Waals surface area contributed by atoms with E-state index in [0.717, 1.165) is 9.78 Å². The third-order valence-electron chi connectivity index (χ3n) is 3.13. The summed E-state index contributed by atoms with van der Waals surface area (Å²) in [5.41, 5.74) is 5.13. The molecule has 0 spiro atoms. The van der Waals surface area contributed by atoms with Crippen LogP contribution in [-0.4, -0.2) is 18.3 Å². The molecule has 2 rings (SSSR count). The van der Waals surface area contributed by atoms with Gasteiger partial charge < -0.3 is 15.0 Å². The zero-order valence-corrected chi connectivity index (χ0v) is 10.4. The Morgan fingerprint density at radius 2 is 1.67 bits per heavy atom. The van der Waals surface area contributed by atoms with Gasteiger partial charge in [0.15, 0.2) is 0 Å². The van der Waals surface area contributed by atoms with E-state index in [2.05, 4.69) is 0 Å². The fourth-order valence-corrected chi connectivity index (χ4v) is 2.19. The Bertz CT molecular complexity index is 359. The lowest BCUT2D eigenvalue weighted by Gasteiger charge is -2.32. The summed E-state index contributed by atoms with van der Waals surface area (Å²) in [4.78, 5) is 0. The van der Waals surface area contributed by atoms with Crippen LogP contribution in [0, 0.1) is 0 Å². The lowest BCUT2D eigenvalue weighted by molar-refractivity contribution is 0.00578. The van der Waals surface area contributed by atoms with E-state index in [1.807, 2.05) is 39.8 Å². The van der Waals surface area contributed by atoms with E-state index < -0.39 is 0 Å². The smallest absolute Gasteiger partial charge is 0.399 e. The molecule has 0 bridgehead atoms. The summed E-state index contributed by atoms with van der Waals surface area (Å²) in [5, 5.41) is 0.791. The summed E-state index contributed by atoms with van der Waals surface area (Å²) < 4.78 is 12.8. The molecular formula is C10H16BNO2S. The summed E-state index contributed by atoms with van der Waals surface area (Å²) in [7, 11) is -0.280. The Hall–Kier alpha value is -0.515. The average Bonchev–Trinajstić information content (AvgIpc) is 2.56. The maximum absolute atomic E-state index is 5.90. The van der Waals surface area contributed by atoms with Gasteiger partial charge in [0.05, 0.1) is 16.2 Å². The van der Waals surface area contributed by atoms with Crippen LogP contribution >= 0.6 is 11.3 Å². The standard InChI is InChI=1S/C10H16BNO2S/c1-9(2)10(3,4)14-11(13-9)7-5-6-8(12)15-7/h5-6H,12H2,1-4H3. The first-order valence-corrected chi connectivity index (χ1v) is 5.84.